The van der Waals surface area contributed by atoms with Crippen molar-refractivity contribution in [1.82, 2.24) is 9.80 Å². The third-order valence-electron chi connectivity index (χ3n) is 5.11. The number of nitro groups is 1. The molecule has 0 spiro atoms. The number of amidine groups is 1. The molecule has 0 bridgehead atoms. The van der Waals surface area contributed by atoms with Crippen LogP contribution >= 0.6 is 11.8 Å². The van der Waals surface area contributed by atoms with Gasteiger partial charge in [0.1, 0.15) is 12.4 Å². The van der Waals surface area contributed by atoms with Crippen molar-refractivity contribution in [2.45, 2.75) is 6.61 Å². The summed E-state index contributed by atoms with van der Waals surface area (Å²) >= 11 is 1.43. The number of thioether (sulfide) groups is 1. The van der Waals surface area contributed by atoms with E-state index in [2.05, 4.69) is 21.8 Å². The van der Waals surface area contributed by atoms with Gasteiger partial charge in [-0.1, -0.05) is 12.1 Å². The fraction of sp³-hybridized carbons (Fsp3) is 0.273. The maximum atomic E-state index is 12.3. The van der Waals surface area contributed by atoms with Gasteiger partial charge < -0.3 is 14.5 Å². The molecular formula is C22H22N4O4S. The lowest BCUT2D eigenvalue weighted by atomic mass is 10.2. The number of aliphatic imine (C=N–C) groups is 1. The van der Waals surface area contributed by atoms with Crippen LogP contribution in [0.2, 0.25) is 0 Å². The molecule has 31 heavy (non-hydrogen) atoms. The molecule has 0 N–H and O–H groups in total. The molecule has 0 aliphatic carbocycles. The third kappa shape index (κ3) is 5.31. The summed E-state index contributed by atoms with van der Waals surface area (Å²) in [7, 11) is 2.09. The lowest BCUT2D eigenvalue weighted by molar-refractivity contribution is -0.384. The molecule has 2 aliphatic rings. The molecule has 0 radical (unpaired) electrons. The molecule has 0 aromatic heterocycles. The number of non-ortho nitro benzene ring substituents is 1. The molecular weight excluding hydrogens is 416 g/mol. The Kier molecular flexibility index (Phi) is 6.34. The highest BCUT2D eigenvalue weighted by Crippen LogP contribution is 2.31. The van der Waals surface area contributed by atoms with Crippen molar-refractivity contribution in [1.29, 1.82) is 0 Å². The molecule has 160 valence electrons. The number of likely N-dealkylation sites (N-methyl/N-ethyl adjacent to an activating group) is 1. The molecule has 8 nitrogen and oxygen atoms in total. The fourth-order valence-electron chi connectivity index (χ4n) is 3.22. The number of hydrogen-bond acceptors (Lipinski definition) is 7. The minimum Gasteiger partial charge on any atom is -0.489 e. The molecule has 1 saturated heterocycles. The zero-order chi connectivity index (χ0) is 21.8. The van der Waals surface area contributed by atoms with Gasteiger partial charge in [0.05, 0.1) is 9.83 Å². The Morgan fingerprint density at radius 1 is 1.10 bits per heavy atom. The van der Waals surface area contributed by atoms with Crippen molar-refractivity contribution in [3.05, 3.63) is 74.7 Å². The summed E-state index contributed by atoms with van der Waals surface area (Å²) in [6.07, 6.45) is 1.85. The summed E-state index contributed by atoms with van der Waals surface area (Å²) in [5.74, 6) is 0.484. The molecule has 2 aliphatic heterocycles. The monoisotopic (exact) mass is 438 g/mol. The summed E-state index contributed by atoms with van der Waals surface area (Å²) in [5.41, 5.74) is 1.80. The van der Waals surface area contributed by atoms with Crippen LogP contribution in [0.4, 0.5) is 5.69 Å². The van der Waals surface area contributed by atoms with Gasteiger partial charge in [0.15, 0.2) is 5.17 Å². The van der Waals surface area contributed by atoms with Crippen LogP contribution in [-0.4, -0.2) is 59.0 Å². The fourth-order valence-corrected chi connectivity index (χ4v) is 4.19. The molecule has 1 fully saturated rings. The van der Waals surface area contributed by atoms with Gasteiger partial charge >= 0.3 is 0 Å². The average molecular weight is 439 g/mol. The van der Waals surface area contributed by atoms with Crippen LogP contribution in [0.15, 0.2) is 58.4 Å². The molecule has 0 saturated carbocycles. The SMILES string of the molecule is CN1CCN(C2=NC(=O)/C(=C/c3ccc(OCc4ccc([N+](=O)[O-])cc4)cc3)S2)CC1. The second-order valence-corrected chi connectivity index (χ2v) is 8.39. The van der Waals surface area contributed by atoms with E-state index >= 15 is 0 Å². The van der Waals surface area contributed by atoms with E-state index in [0.29, 0.717) is 17.3 Å². The van der Waals surface area contributed by atoms with Crippen molar-refractivity contribution in [2.75, 3.05) is 33.2 Å². The van der Waals surface area contributed by atoms with Crippen molar-refractivity contribution >= 4 is 34.6 Å². The number of amides is 1. The molecule has 0 unspecified atom stereocenters. The van der Waals surface area contributed by atoms with Gasteiger partial charge in [-0.25, -0.2) is 0 Å². The van der Waals surface area contributed by atoms with Crippen LogP contribution in [0.1, 0.15) is 11.1 Å². The van der Waals surface area contributed by atoms with Gasteiger partial charge in [-0.15, -0.1) is 0 Å². The first kappa shape index (κ1) is 21.1. The van der Waals surface area contributed by atoms with E-state index in [9.17, 15) is 14.9 Å². The second-order valence-electron chi connectivity index (χ2n) is 7.38. The Hall–Kier alpha value is -3.17. The van der Waals surface area contributed by atoms with E-state index in [4.69, 9.17) is 4.74 Å². The predicted molar refractivity (Wildman–Crippen MR) is 121 cm³/mol. The first-order valence-corrected chi connectivity index (χ1v) is 10.7. The number of carbonyl (C=O) groups excluding carboxylic acids is 1. The van der Waals surface area contributed by atoms with E-state index in [0.717, 1.165) is 42.5 Å². The molecule has 2 aromatic rings. The Morgan fingerprint density at radius 3 is 2.42 bits per heavy atom. The van der Waals surface area contributed by atoms with Crippen LogP contribution in [0.25, 0.3) is 6.08 Å². The molecule has 9 heteroatoms. The summed E-state index contributed by atoms with van der Waals surface area (Å²) in [6.45, 7) is 4.00. The summed E-state index contributed by atoms with van der Waals surface area (Å²) in [4.78, 5) is 31.9. The number of nitro benzene ring substituents is 1. The Bertz CT molecular complexity index is 1030. The van der Waals surface area contributed by atoms with Crippen LogP contribution in [0, 0.1) is 10.1 Å². The van der Waals surface area contributed by atoms with Gasteiger partial charge in [-0.2, -0.15) is 4.99 Å². The number of nitrogens with zero attached hydrogens (tertiary/aromatic N) is 4. The van der Waals surface area contributed by atoms with E-state index < -0.39 is 4.92 Å². The van der Waals surface area contributed by atoms with Crippen LogP contribution < -0.4 is 4.74 Å². The first-order chi connectivity index (χ1) is 15.0. The Labute approximate surface area is 184 Å². The van der Waals surface area contributed by atoms with Crippen LogP contribution in [0.5, 0.6) is 5.75 Å². The normalized spacial score (nSPS) is 18.4. The first-order valence-electron chi connectivity index (χ1n) is 9.90. The zero-order valence-electron chi connectivity index (χ0n) is 17.1. The highest BCUT2D eigenvalue weighted by atomic mass is 32.2. The Balaban J connectivity index is 1.33. The molecule has 1 amide bonds. The van der Waals surface area contributed by atoms with Gasteiger partial charge in [0, 0.05) is 38.3 Å². The maximum absolute atomic E-state index is 12.3. The van der Waals surface area contributed by atoms with E-state index in [1.807, 2.05) is 30.3 Å². The maximum Gasteiger partial charge on any atom is 0.286 e. The third-order valence-corrected chi connectivity index (χ3v) is 6.16. The van der Waals surface area contributed by atoms with Gasteiger partial charge in [0.25, 0.3) is 11.6 Å². The summed E-state index contributed by atoms with van der Waals surface area (Å²) in [6, 6.07) is 13.7. The van der Waals surface area contributed by atoms with Crippen molar-refractivity contribution < 1.29 is 14.5 Å². The smallest absolute Gasteiger partial charge is 0.286 e. The molecule has 2 heterocycles. The highest BCUT2D eigenvalue weighted by molar-refractivity contribution is 8.18. The minimum atomic E-state index is -0.426. The number of ether oxygens (including phenoxy) is 1. The lowest BCUT2D eigenvalue weighted by Gasteiger charge is -2.32. The zero-order valence-corrected chi connectivity index (χ0v) is 17.9. The second kappa shape index (κ2) is 9.32. The Morgan fingerprint density at radius 2 is 1.77 bits per heavy atom. The van der Waals surface area contributed by atoms with Crippen LogP contribution in [-0.2, 0) is 11.4 Å². The number of benzene rings is 2. The number of piperazine rings is 1. The molecule has 2 aromatic carbocycles. The standard InChI is InChI=1S/C22H22N4O4S/c1-24-10-12-25(13-11-24)22-23-21(27)20(31-22)14-16-4-8-19(9-5-16)30-15-17-2-6-18(7-3-17)26(28)29/h2-9,14H,10-13,15H2,1H3/b20-14-. The van der Waals surface area contributed by atoms with Crippen LogP contribution in [0.3, 0.4) is 0 Å². The quantitative estimate of drug-likeness (QED) is 0.402. The average Bonchev–Trinajstić information content (AvgIpc) is 3.14. The highest BCUT2D eigenvalue weighted by Gasteiger charge is 2.27. The van der Waals surface area contributed by atoms with E-state index in [-0.39, 0.29) is 11.6 Å². The van der Waals surface area contributed by atoms with Crippen molar-refractivity contribution in [3.8, 4) is 5.75 Å². The van der Waals surface area contributed by atoms with Crippen molar-refractivity contribution in [2.24, 2.45) is 4.99 Å². The largest absolute Gasteiger partial charge is 0.489 e. The number of carbonyl (C=O) groups is 1. The minimum absolute atomic E-state index is 0.0558. The lowest BCUT2D eigenvalue weighted by Crippen LogP contribution is -2.46. The number of rotatable bonds is 5. The summed E-state index contributed by atoms with van der Waals surface area (Å²) in [5, 5.41) is 11.5. The van der Waals surface area contributed by atoms with Gasteiger partial charge in [-0.05, 0) is 60.3 Å². The molecule has 4 rings (SSSR count). The number of hydrogen-bond donors (Lipinski definition) is 0. The topological polar surface area (TPSA) is 88.3 Å². The van der Waals surface area contributed by atoms with Gasteiger partial charge in [-0.3, -0.25) is 14.9 Å². The van der Waals surface area contributed by atoms with E-state index in [1.165, 1.54) is 23.9 Å². The summed E-state index contributed by atoms with van der Waals surface area (Å²) < 4.78 is 5.75. The predicted octanol–water partition coefficient (Wildman–Crippen LogP) is 3.39. The van der Waals surface area contributed by atoms with Crippen molar-refractivity contribution in [3.63, 3.8) is 0 Å². The van der Waals surface area contributed by atoms with Gasteiger partial charge in [0.2, 0.25) is 0 Å². The van der Waals surface area contributed by atoms with E-state index in [1.54, 1.807) is 12.1 Å². The molecule has 0 atom stereocenters.